The van der Waals surface area contributed by atoms with Crippen LogP contribution in [0.15, 0.2) is 30.3 Å². The van der Waals surface area contributed by atoms with Crippen LogP contribution in [-0.2, 0) is 16.1 Å². The van der Waals surface area contributed by atoms with Crippen LogP contribution in [0, 0.1) is 5.92 Å². The normalized spacial score (nSPS) is 18.5. The number of piperazine rings is 1. The number of nitrogens with one attached hydrogen (secondary N) is 1. The molecule has 1 unspecified atom stereocenters. The van der Waals surface area contributed by atoms with Crippen molar-refractivity contribution < 1.29 is 14.3 Å². The molecule has 0 bridgehead atoms. The third kappa shape index (κ3) is 4.21. The number of nitrogens with zero attached hydrogens (tertiary/aromatic N) is 1. The van der Waals surface area contributed by atoms with Gasteiger partial charge in [0.1, 0.15) is 12.6 Å². The summed E-state index contributed by atoms with van der Waals surface area (Å²) in [4.78, 5) is 25.7. The van der Waals surface area contributed by atoms with Crippen LogP contribution in [-0.4, -0.2) is 36.0 Å². The number of carbonyl (C=O) groups excluding carboxylic acids is 2. The average Bonchev–Trinajstić information content (AvgIpc) is 2.47. The third-order valence-corrected chi connectivity index (χ3v) is 3.47. The minimum Gasteiger partial charge on any atom is -0.445 e. The highest BCUT2D eigenvalue weighted by atomic mass is 16.6. The summed E-state index contributed by atoms with van der Waals surface area (Å²) in [6.45, 7) is 5.28. The molecule has 1 aromatic rings. The van der Waals surface area contributed by atoms with E-state index in [1.54, 1.807) is 4.90 Å². The first kappa shape index (κ1) is 15.4. The fourth-order valence-electron chi connectivity index (χ4n) is 2.42. The molecule has 1 heterocycles. The maximum atomic E-state index is 12.2. The fourth-order valence-corrected chi connectivity index (χ4v) is 2.42. The molecule has 0 aliphatic carbocycles. The molecule has 2 amide bonds. The number of carbonyl (C=O) groups is 2. The van der Waals surface area contributed by atoms with Crippen molar-refractivity contribution in [2.45, 2.75) is 32.9 Å². The molecule has 1 N–H and O–H groups in total. The van der Waals surface area contributed by atoms with E-state index in [2.05, 4.69) is 5.32 Å². The van der Waals surface area contributed by atoms with E-state index in [0.29, 0.717) is 25.4 Å². The molecule has 1 aromatic carbocycles. The SMILES string of the molecule is CC(C)CC1C(=O)NCCN1C(=O)OCc1ccccc1. The van der Waals surface area contributed by atoms with Gasteiger partial charge in [0.15, 0.2) is 0 Å². The van der Waals surface area contributed by atoms with Crippen LogP contribution in [0.5, 0.6) is 0 Å². The lowest BCUT2D eigenvalue weighted by molar-refractivity contribution is -0.129. The maximum Gasteiger partial charge on any atom is 0.410 e. The van der Waals surface area contributed by atoms with Gasteiger partial charge in [-0.25, -0.2) is 4.79 Å². The Labute approximate surface area is 125 Å². The van der Waals surface area contributed by atoms with Crippen LogP contribution in [0.3, 0.4) is 0 Å². The van der Waals surface area contributed by atoms with Crippen LogP contribution in [0.2, 0.25) is 0 Å². The first-order valence-corrected chi connectivity index (χ1v) is 7.33. The second kappa shape index (κ2) is 7.11. The summed E-state index contributed by atoms with van der Waals surface area (Å²) >= 11 is 0. The zero-order valence-corrected chi connectivity index (χ0v) is 12.5. The van der Waals surface area contributed by atoms with Crippen molar-refractivity contribution in [3.8, 4) is 0 Å². The molecule has 0 spiro atoms. The molecule has 1 atom stereocenters. The van der Waals surface area contributed by atoms with Gasteiger partial charge in [-0.1, -0.05) is 44.2 Å². The second-order valence-electron chi connectivity index (χ2n) is 5.67. The Morgan fingerprint density at radius 3 is 2.76 bits per heavy atom. The minimum absolute atomic E-state index is 0.0911. The van der Waals surface area contributed by atoms with Crippen molar-refractivity contribution in [2.75, 3.05) is 13.1 Å². The molecule has 0 aromatic heterocycles. The summed E-state index contributed by atoms with van der Waals surface area (Å²) in [6, 6.07) is 9.10. The number of hydrogen-bond donors (Lipinski definition) is 1. The van der Waals surface area contributed by atoms with Crippen molar-refractivity contribution in [3.63, 3.8) is 0 Å². The Bertz CT molecular complexity index is 488. The fraction of sp³-hybridized carbons (Fsp3) is 0.500. The van der Waals surface area contributed by atoms with E-state index < -0.39 is 12.1 Å². The van der Waals surface area contributed by atoms with Crippen LogP contribution in [0.4, 0.5) is 4.79 Å². The Balaban J connectivity index is 1.96. The lowest BCUT2D eigenvalue weighted by Gasteiger charge is -2.35. The van der Waals surface area contributed by atoms with Crippen molar-refractivity contribution in [2.24, 2.45) is 5.92 Å². The van der Waals surface area contributed by atoms with Crippen LogP contribution >= 0.6 is 0 Å². The van der Waals surface area contributed by atoms with Crippen molar-refractivity contribution in [1.82, 2.24) is 10.2 Å². The van der Waals surface area contributed by atoms with E-state index in [4.69, 9.17) is 4.74 Å². The zero-order valence-electron chi connectivity index (χ0n) is 12.5. The van der Waals surface area contributed by atoms with Gasteiger partial charge in [-0.3, -0.25) is 9.69 Å². The molecular formula is C16H22N2O3. The molecule has 21 heavy (non-hydrogen) atoms. The van der Waals surface area contributed by atoms with Gasteiger partial charge in [0.05, 0.1) is 0 Å². The number of benzene rings is 1. The summed E-state index contributed by atoms with van der Waals surface area (Å²) in [5, 5.41) is 2.81. The Morgan fingerprint density at radius 2 is 2.10 bits per heavy atom. The first-order valence-electron chi connectivity index (χ1n) is 7.33. The van der Waals surface area contributed by atoms with E-state index in [1.807, 2.05) is 44.2 Å². The van der Waals surface area contributed by atoms with Crippen molar-refractivity contribution in [1.29, 1.82) is 0 Å². The van der Waals surface area contributed by atoms with Gasteiger partial charge < -0.3 is 10.1 Å². The largest absolute Gasteiger partial charge is 0.445 e. The summed E-state index contributed by atoms with van der Waals surface area (Å²) < 4.78 is 5.33. The van der Waals surface area contributed by atoms with Gasteiger partial charge in [0.2, 0.25) is 5.91 Å². The molecule has 1 saturated heterocycles. The van der Waals surface area contributed by atoms with Crippen LogP contribution in [0.25, 0.3) is 0 Å². The van der Waals surface area contributed by atoms with Crippen LogP contribution in [0.1, 0.15) is 25.8 Å². The number of ether oxygens (including phenoxy) is 1. The monoisotopic (exact) mass is 290 g/mol. The second-order valence-corrected chi connectivity index (χ2v) is 5.67. The molecule has 0 saturated carbocycles. The Hall–Kier alpha value is -2.04. The van der Waals surface area contributed by atoms with Gasteiger partial charge in [-0.15, -0.1) is 0 Å². The van der Waals surface area contributed by atoms with Crippen LogP contribution < -0.4 is 5.32 Å². The van der Waals surface area contributed by atoms with Gasteiger partial charge in [-0.05, 0) is 17.9 Å². The predicted molar refractivity (Wildman–Crippen MR) is 79.6 cm³/mol. The highest BCUT2D eigenvalue weighted by Crippen LogP contribution is 2.16. The van der Waals surface area contributed by atoms with Gasteiger partial charge >= 0.3 is 6.09 Å². The molecule has 1 fully saturated rings. The van der Waals surface area contributed by atoms with Crippen molar-refractivity contribution in [3.05, 3.63) is 35.9 Å². The lowest BCUT2D eigenvalue weighted by atomic mass is 10.0. The number of rotatable bonds is 4. The summed E-state index contributed by atoms with van der Waals surface area (Å²) in [5.74, 6) is 0.245. The smallest absolute Gasteiger partial charge is 0.410 e. The highest BCUT2D eigenvalue weighted by molar-refractivity contribution is 5.86. The molecule has 5 heteroatoms. The lowest BCUT2D eigenvalue weighted by Crippen LogP contribution is -2.57. The van der Waals surface area contributed by atoms with E-state index in [1.165, 1.54) is 0 Å². The molecule has 0 radical (unpaired) electrons. The van der Waals surface area contributed by atoms with E-state index in [9.17, 15) is 9.59 Å². The standard InChI is InChI=1S/C16H22N2O3/c1-12(2)10-14-15(19)17-8-9-18(14)16(20)21-11-13-6-4-3-5-7-13/h3-7,12,14H,8-11H2,1-2H3,(H,17,19). The maximum absolute atomic E-state index is 12.2. The molecule has 114 valence electrons. The highest BCUT2D eigenvalue weighted by Gasteiger charge is 2.34. The number of hydrogen-bond acceptors (Lipinski definition) is 3. The zero-order chi connectivity index (χ0) is 15.2. The summed E-state index contributed by atoms with van der Waals surface area (Å²) in [6.07, 6.45) is 0.228. The molecule has 5 nitrogen and oxygen atoms in total. The molecule has 2 rings (SSSR count). The van der Waals surface area contributed by atoms with E-state index >= 15 is 0 Å². The topological polar surface area (TPSA) is 58.6 Å². The minimum atomic E-state index is -0.429. The van der Waals surface area contributed by atoms with Gasteiger partial charge in [0, 0.05) is 13.1 Å². The summed E-state index contributed by atoms with van der Waals surface area (Å²) in [7, 11) is 0. The quantitative estimate of drug-likeness (QED) is 0.924. The Kier molecular flexibility index (Phi) is 5.20. The molecule has 1 aliphatic heterocycles. The van der Waals surface area contributed by atoms with Gasteiger partial charge in [0.25, 0.3) is 0 Å². The van der Waals surface area contributed by atoms with E-state index in [-0.39, 0.29) is 12.5 Å². The molecular weight excluding hydrogens is 268 g/mol. The van der Waals surface area contributed by atoms with Crippen molar-refractivity contribution >= 4 is 12.0 Å². The predicted octanol–water partition coefficient (Wildman–Crippen LogP) is 2.17. The molecule has 1 aliphatic rings. The Morgan fingerprint density at radius 1 is 1.38 bits per heavy atom. The van der Waals surface area contributed by atoms with Gasteiger partial charge in [-0.2, -0.15) is 0 Å². The summed E-state index contributed by atoms with van der Waals surface area (Å²) in [5.41, 5.74) is 0.938. The number of amides is 2. The third-order valence-electron chi connectivity index (χ3n) is 3.47. The average molecular weight is 290 g/mol. The van der Waals surface area contributed by atoms with E-state index in [0.717, 1.165) is 5.56 Å². The first-order chi connectivity index (χ1) is 10.1.